The first kappa shape index (κ1) is 13.5. The lowest BCUT2D eigenvalue weighted by molar-refractivity contribution is 0.0696. The summed E-state index contributed by atoms with van der Waals surface area (Å²) in [5, 5.41) is 8.95. The fourth-order valence-corrected chi connectivity index (χ4v) is 1.88. The molecule has 0 fully saturated rings. The van der Waals surface area contributed by atoms with E-state index in [9.17, 15) is 4.79 Å². The van der Waals surface area contributed by atoms with Gasteiger partial charge in [0.05, 0.1) is 10.0 Å². The molecule has 0 aliphatic heterocycles. The van der Waals surface area contributed by atoms with E-state index in [1.807, 2.05) is 19.9 Å². The monoisotopic (exact) mass is 322 g/mol. The van der Waals surface area contributed by atoms with Crippen LogP contribution in [0.1, 0.15) is 21.7 Å². The van der Waals surface area contributed by atoms with Crippen molar-refractivity contribution in [3.8, 4) is 11.8 Å². The number of benzene rings is 1. The molecule has 0 bridgehead atoms. The lowest BCUT2D eigenvalue weighted by atomic mass is 10.2. The van der Waals surface area contributed by atoms with Crippen molar-refractivity contribution in [2.45, 2.75) is 13.8 Å². The van der Waals surface area contributed by atoms with Crippen LogP contribution in [0.4, 0.5) is 0 Å². The first-order valence-corrected chi connectivity index (χ1v) is 6.28. The van der Waals surface area contributed by atoms with Crippen molar-refractivity contribution < 1.29 is 14.6 Å². The van der Waals surface area contributed by atoms with Crippen LogP contribution < -0.4 is 4.74 Å². The number of carbonyl (C=O) groups is 1. The number of halogens is 1. The fraction of sp³-hybridized carbons (Fsp3) is 0.154. The van der Waals surface area contributed by atoms with E-state index in [-0.39, 0.29) is 11.6 Å². The van der Waals surface area contributed by atoms with Crippen LogP contribution in [0, 0.1) is 13.8 Å². The SMILES string of the molecule is Cc1cc(C)nc(Oc2cc(C(=O)O)ccc2Br)n1. The Morgan fingerprint density at radius 3 is 2.42 bits per heavy atom. The quantitative estimate of drug-likeness (QED) is 0.938. The Morgan fingerprint density at radius 1 is 1.21 bits per heavy atom. The third-order valence-electron chi connectivity index (χ3n) is 2.34. The summed E-state index contributed by atoms with van der Waals surface area (Å²) in [6.07, 6.45) is 0. The van der Waals surface area contributed by atoms with Gasteiger partial charge >= 0.3 is 12.0 Å². The molecule has 0 atom stereocenters. The van der Waals surface area contributed by atoms with Gasteiger partial charge < -0.3 is 9.84 Å². The first-order valence-electron chi connectivity index (χ1n) is 5.48. The van der Waals surface area contributed by atoms with Gasteiger partial charge in [-0.2, -0.15) is 0 Å². The maximum absolute atomic E-state index is 10.9. The van der Waals surface area contributed by atoms with Crippen molar-refractivity contribution in [3.05, 3.63) is 45.7 Å². The van der Waals surface area contributed by atoms with Crippen LogP contribution in [0.3, 0.4) is 0 Å². The highest BCUT2D eigenvalue weighted by atomic mass is 79.9. The van der Waals surface area contributed by atoms with Crippen LogP contribution in [0.25, 0.3) is 0 Å². The molecule has 0 aliphatic rings. The van der Waals surface area contributed by atoms with Crippen molar-refractivity contribution in [2.75, 3.05) is 0 Å². The number of hydrogen-bond donors (Lipinski definition) is 1. The Kier molecular flexibility index (Phi) is 3.80. The molecule has 0 aliphatic carbocycles. The first-order chi connectivity index (χ1) is 8.95. The maximum atomic E-state index is 10.9. The van der Waals surface area contributed by atoms with Crippen LogP contribution in [0.2, 0.25) is 0 Å². The minimum atomic E-state index is -1.02. The van der Waals surface area contributed by atoms with E-state index < -0.39 is 5.97 Å². The van der Waals surface area contributed by atoms with Gasteiger partial charge in [0.1, 0.15) is 5.75 Å². The van der Waals surface area contributed by atoms with Crippen molar-refractivity contribution >= 4 is 21.9 Å². The van der Waals surface area contributed by atoms with E-state index in [2.05, 4.69) is 25.9 Å². The number of aromatic nitrogens is 2. The van der Waals surface area contributed by atoms with Gasteiger partial charge in [0.15, 0.2) is 0 Å². The molecular weight excluding hydrogens is 312 g/mol. The molecule has 2 aromatic rings. The summed E-state index contributed by atoms with van der Waals surface area (Å²) in [7, 11) is 0. The molecule has 1 N–H and O–H groups in total. The molecule has 0 spiro atoms. The van der Waals surface area contributed by atoms with E-state index in [0.29, 0.717) is 10.2 Å². The van der Waals surface area contributed by atoms with Crippen molar-refractivity contribution in [1.29, 1.82) is 0 Å². The van der Waals surface area contributed by atoms with Crippen molar-refractivity contribution in [3.63, 3.8) is 0 Å². The van der Waals surface area contributed by atoms with Gasteiger partial charge in [0, 0.05) is 11.4 Å². The third-order valence-corrected chi connectivity index (χ3v) is 3.00. The standard InChI is InChI=1S/C13H11BrN2O3/c1-7-5-8(2)16-13(15-7)19-11-6-9(12(17)18)3-4-10(11)14/h3-6H,1-2H3,(H,17,18). The number of rotatable bonds is 3. The molecule has 1 heterocycles. The molecule has 1 aromatic carbocycles. The topological polar surface area (TPSA) is 72.3 Å². The van der Waals surface area contributed by atoms with Gasteiger partial charge in [-0.15, -0.1) is 0 Å². The number of nitrogens with zero attached hydrogens (tertiary/aromatic N) is 2. The van der Waals surface area contributed by atoms with E-state index in [4.69, 9.17) is 9.84 Å². The number of hydrogen-bond acceptors (Lipinski definition) is 4. The predicted octanol–water partition coefficient (Wildman–Crippen LogP) is 3.35. The van der Waals surface area contributed by atoms with E-state index >= 15 is 0 Å². The highest BCUT2D eigenvalue weighted by Gasteiger charge is 2.10. The second kappa shape index (κ2) is 5.36. The molecule has 19 heavy (non-hydrogen) atoms. The largest absolute Gasteiger partial charge is 0.478 e. The fourth-order valence-electron chi connectivity index (χ4n) is 1.55. The summed E-state index contributed by atoms with van der Waals surface area (Å²) in [5.74, 6) is -0.649. The molecule has 98 valence electrons. The van der Waals surface area contributed by atoms with E-state index in [0.717, 1.165) is 11.4 Å². The lowest BCUT2D eigenvalue weighted by Crippen LogP contribution is -1.99. The van der Waals surface area contributed by atoms with Gasteiger partial charge in [-0.05, 0) is 54.0 Å². The second-order valence-corrected chi connectivity index (χ2v) is 4.84. The zero-order valence-corrected chi connectivity index (χ0v) is 11.9. The average Bonchev–Trinajstić information content (AvgIpc) is 2.30. The number of ether oxygens (including phenoxy) is 1. The van der Waals surface area contributed by atoms with E-state index in [1.165, 1.54) is 12.1 Å². The summed E-state index contributed by atoms with van der Waals surface area (Å²) in [6, 6.07) is 6.55. The third kappa shape index (κ3) is 3.29. The highest BCUT2D eigenvalue weighted by Crippen LogP contribution is 2.29. The summed E-state index contributed by atoms with van der Waals surface area (Å²) in [4.78, 5) is 19.2. The minimum absolute atomic E-state index is 0.141. The Bertz CT molecular complexity index is 624. The molecule has 0 radical (unpaired) electrons. The molecule has 6 heteroatoms. The summed E-state index contributed by atoms with van der Waals surface area (Å²) in [6.45, 7) is 3.68. The zero-order valence-electron chi connectivity index (χ0n) is 10.3. The Morgan fingerprint density at radius 2 is 1.84 bits per heavy atom. The van der Waals surface area contributed by atoms with Crippen LogP contribution in [-0.2, 0) is 0 Å². The van der Waals surface area contributed by atoms with Crippen molar-refractivity contribution in [2.24, 2.45) is 0 Å². The molecule has 0 saturated heterocycles. The Hall–Kier alpha value is -1.95. The van der Waals surface area contributed by atoms with Gasteiger partial charge in [-0.3, -0.25) is 0 Å². The lowest BCUT2D eigenvalue weighted by Gasteiger charge is -2.08. The zero-order chi connectivity index (χ0) is 14.0. The Balaban J connectivity index is 2.37. The predicted molar refractivity (Wildman–Crippen MR) is 72.7 cm³/mol. The molecule has 1 aromatic heterocycles. The number of aryl methyl sites for hydroxylation is 2. The van der Waals surface area contributed by atoms with Crippen molar-refractivity contribution in [1.82, 2.24) is 9.97 Å². The van der Waals surface area contributed by atoms with Crippen LogP contribution in [0.15, 0.2) is 28.7 Å². The van der Waals surface area contributed by atoms with Crippen LogP contribution >= 0.6 is 15.9 Å². The number of carboxylic acid groups (broad SMARTS) is 1. The van der Waals surface area contributed by atoms with Gasteiger partial charge in [-0.1, -0.05) is 0 Å². The average molecular weight is 323 g/mol. The maximum Gasteiger partial charge on any atom is 0.335 e. The summed E-state index contributed by atoms with van der Waals surface area (Å²) < 4.78 is 6.17. The molecule has 0 amide bonds. The number of carboxylic acids is 1. The molecule has 5 nitrogen and oxygen atoms in total. The van der Waals surface area contributed by atoms with Gasteiger partial charge in [0.2, 0.25) is 0 Å². The Labute approximate surface area is 118 Å². The van der Waals surface area contributed by atoms with Crippen LogP contribution in [0.5, 0.6) is 11.8 Å². The van der Waals surface area contributed by atoms with Gasteiger partial charge in [-0.25, -0.2) is 14.8 Å². The molecule has 0 unspecified atom stereocenters. The minimum Gasteiger partial charge on any atom is -0.478 e. The van der Waals surface area contributed by atoms with Gasteiger partial charge in [0.25, 0.3) is 0 Å². The molecule has 2 rings (SSSR count). The summed E-state index contributed by atoms with van der Waals surface area (Å²) in [5.41, 5.74) is 1.71. The molecule has 0 saturated carbocycles. The number of aromatic carboxylic acids is 1. The summed E-state index contributed by atoms with van der Waals surface area (Å²) >= 11 is 3.30. The van der Waals surface area contributed by atoms with E-state index in [1.54, 1.807) is 6.07 Å². The smallest absolute Gasteiger partial charge is 0.335 e. The molecular formula is C13H11BrN2O3. The normalized spacial score (nSPS) is 10.3. The van der Waals surface area contributed by atoms with Crippen LogP contribution in [-0.4, -0.2) is 21.0 Å². The highest BCUT2D eigenvalue weighted by molar-refractivity contribution is 9.10. The second-order valence-electron chi connectivity index (χ2n) is 3.99.